The number of nitrogens with zero attached hydrogens (tertiary/aromatic N) is 1. The van der Waals surface area contributed by atoms with Crippen LogP contribution in [0.4, 0.5) is 0 Å². The Bertz CT molecular complexity index is 381. The quantitative estimate of drug-likeness (QED) is 0.800. The Labute approximate surface area is 125 Å². The molecule has 1 fully saturated rings. The number of halogens is 1. The highest BCUT2D eigenvalue weighted by Crippen LogP contribution is 2.17. The van der Waals surface area contributed by atoms with Crippen molar-refractivity contribution in [2.24, 2.45) is 0 Å². The van der Waals surface area contributed by atoms with E-state index in [1.807, 2.05) is 0 Å². The SMILES string of the molecule is CC1CCCCN1CCCNCc1ccccc1Br. The molecule has 1 atom stereocenters. The summed E-state index contributed by atoms with van der Waals surface area (Å²) in [6, 6.07) is 9.22. The Morgan fingerprint density at radius 2 is 2.16 bits per heavy atom. The molecule has 1 aromatic rings. The van der Waals surface area contributed by atoms with Crippen molar-refractivity contribution in [2.45, 2.75) is 45.2 Å². The molecule has 19 heavy (non-hydrogen) atoms. The molecule has 0 spiro atoms. The third-order valence-electron chi connectivity index (χ3n) is 4.01. The zero-order valence-corrected chi connectivity index (χ0v) is 13.5. The summed E-state index contributed by atoms with van der Waals surface area (Å²) in [5.41, 5.74) is 1.34. The van der Waals surface area contributed by atoms with Gasteiger partial charge in [0, 0.05) is 17.1 Å². The summed E-state index contributed by atoms with van der Waals surface area (Å²) in [5.74, 6) is 0. The Kier molecular flexibility index (Phi) is 6.35. The predicted octanol–water partition coefficient (Wildman–Crippen LogP) is 3.80. The van der Waals surface area contributed by atoms with Crippen molar-refractivity contribution in [3.63, 3.8) is 0 Å². The minimum absolute atomic E-state index is 0.789. The lowest BCUT2D eigenvalue weighted by Crippen LogP contribution is -2.38. The van der Waals surface area contributed by atoms with Gasteiger partial charge in [-0.25, -0.2) is 0 Å². The fourth-order valence-corrected chi connectivity index (χ4v) is 3.19. The van der Waals surface area contributed by atoms with E-state index in [0.29, 0.717) is 0 Å². The van der Waals surface area contributed by atoms with Crippen LogP contribution in [0.25, 0.3) is 0 Å². The first-order valence-corrected chi connectivity index (χ1v) is 8.25. The molecule has 0 amide bonds. The summed E-state index contributed by atoms with van der Waals surface area (Å²) in [4.78, 5) is 2.64. The van der Waals surface area contributed by atoms with Gasteiger partial charge in [0.2, 0.25) is 0 Å². The third kappa shape index (κ3) is 4.90. The minimum atomic E-state index is 0.789. The molecule has 1 saturated heterocycles. The topological polar surface area (TPSA) is 15.3 Å². The maximum absolute atomic E-state index is 3.59. The molecule has 0 aliphatic carbocycles. The average molecular weight is 325 g/mol. The lowest BCUT2D eigenvalue weighted by Gasteiger charge is -2.33. The first-order valence-electron chi connectivity index (χ1n) is 7.45. The van der Waals surface area contributed by atoms with Gasteiger partial charge in [-0.15, -0.1) is 0 Å². The second kappa shape index (κ2) is 8.03. The molecule has 2 nitrogen and oxygen atoms in total. The van der Waals surface area contributed by atoms with Gasteiger partial charge >= 0.3 is 0 Å². The van der Waals surface area contributed by atoms with Crippen molar-refractivity contribution in [3.05, 3.63) is 34.3 Å². The molecule has 1 aliphatic heterocycles. The Morgan fingerprint density at radius 1 is 1.32 bits per heavy atom. The van der Waals surface area contributed by atoms with E-state index >= 15 is 0 Å². The maximum Gasteiger partial charge on any atom is 0.0220 e. The fraction of sp³-hybridized carbons (Fsp3) is 0.625. The van der Waals surface area contributed by atoms with Gasteiger partial charge in [0.25, 0.3) is 0 Å². The molecule has 1 N–H and O–H groups in total. The normalized spacial score (nSPS) is 20.6. The summed E-state index contributed by atoms with van der Waals surface area (Å²) in [5, 5.41) is 3.54. The number of rotatable bonds is 6. The van der Waals surface area contributed by atoms with Crippen molar-refractivity contribution >= 4 is 15.9 Å². The van der Waals surface area contributed by atoms with E-state index in [0.717, 1.165) is 19.1 Å². The number of nitrogens with one attached hydrogen (secondary N) is 1. The largest absolute Gasteiger partial charge is 0.313 e. The van der Waals surface area contributed by atoms with Gasteiger partial charge in [-0.3, -0.25) is 0 Å². The monoisotopic (exact) mass is 324 g/mol. The van der Waals surface area contributed by atoms with E-state index < -0.39 is 0 Å². The van der Waals surface area contributed by atoms with Crippen LogP contribution in [-0.2, 0) is 6.54 Å². The predicted molar refractivity (Wildman–Crippen MR) is 85.4 cm³/mol. The van der Waals surface area contributed by atoms with Crippen LogP contribution in [0.3, 0.4) is 0 Å². The number of benzene rings is 1. The van der Waals surface area contributed by atoms with E-state index in [2.05, 4.69) is 57.3 Å². The van der Waals surface area contributed by atoms with Gasteiger partial charge in [0.15, 0.2) is 0 Å². The van der Waals surface area contributed by atoms with Crippen LogP contribution in [-0.4, -0.2) is 30.6 Å². The molecule has 3 heteroatoms. The molecule has 0 bridgehead atoms. The zero-order valence-electron chi connectivity index (χ0n) is 11.9. The maximum atomic E-state index is 3.59. The molecule has 1 unspecified atom stereocenters. The molecule has 0 radical (unpaired) electrons. The summed E-state index contributed by atoms with van der Waals surface area (Å²) < 4.78 is 1.20. The van der Waals surface area contributed by atoms with Crippen molar-refractivity contribution in [1.82, 2.24) is 10.2 Å². The lowest BCUT2D eigenvalue weighted by molar-refractivity contribution is 0.159. The molecule has 106 valence electrons. The van der Waals surface area contributed by atoms with Gasteiger partial charge in [-0.2, -0.15) is 0 Å². The Hall–Kier alpha value is -0.380. The second-order valence-electron chi connectivity index (χ2n) is 5.50. The highest BCUT2D eigenvalue weighted by molar-refractivity contribution is 9.10. The van der Waals surface area contributed by atoms with E-state index in [-0.39, 0.29) is 0 Å². The molecular formula is C16H25BrN2. The van der Waals surface area contributed by atoms with Crippen LogP contribution in [0, 0.1) is 0 Å². The first-order chi connectivity index (χ1) is 9.27. The minimum Gasteiger partial charge on any atom is -0.313 e. The van der Waals surface area contributed by atoms with Crippen molar-refractivity contribution in [3.8, 4) is 0 Å². The van der Waals surface area contributed by atoms with Crippen molar-refractivity contribution in [1.29, 1.82) is 0 Å². The van der Waals surface area contributed by atoms with E-state index in [4.69, 9.17) is 0 Å². The van der Waals surface area contributed by atoms with Gasteiger partial charge in [0.1, 0.15) is 0 Å². The van der Waals surface area contributed by atoms with Crippen LogP contribution in [0.15, 0.2) is 28.7 Å². The highest BCUT2D eigenvalue weighted by Gasteiger charge is 2.16. The van der Waals surface area contributed by atoms with E-state index in [9.17, 15) is 0 Å². The third-order valence-corrected chi connectivity index (χ3v) is 4.79. The second-order valence-corrected chi connectivity index (χ2v) is 6.36. The standard InChI is InChI=1S/C16H25BrN2/c1-14-7-4-5-11-19(14)12-6-10-18-13-15-8-2-3-9-16(15)17/h2-3,8-9,14,18H,4-7,10-13H2,1H3. The zero-order chi connectivity index (χ0) is 13.5. The average Bonchev–Trinajstić information content (AvgIpc) is 2.42. The fourth-order valence-electron chi connectivity index (χ4n) is 2.76. The molecule has 1 aliphatic rings. The summed E-state index contributed by atoms with van der Waals surface area (Å²) in [7, 11) is 0. The Balaban J connectivity index is 1.61. The van der Waals surface area contributed by atoms with Crippen molar-refractivity contribution < 1.29 is 0 Å². The van der Waals surface area contributed by atoms with E-state index in [1.54, 1.807) is 0 Å². The summed E-state index contributed by atoms with van der Waals surface area (Å²) in [6.45, 7) is 6.96. The molecule has 1 aromatic carbocycles. The summed E-state index contributed by atoms with van der Waals surface area (Å²) >= 11 is 3.59. The molecule has 1 heterocycles. The van der Waals surface area contributed by atoms with Crippen molar-refractivity contribution in [2.75, 3.05) is 19.6 Å². The highest BCUT2D eigenvalue weighted by atomic mass is 79.9. The Morgan fingerprint density at radius 3 is 2.95 bits per heavy atom. The van der Waals surface area contributed by atoms with Gasteiger partial charge in [-0.1, -0.05) is 40.5 Å². The number of piperidine rings is 1. The number of hydrogen-bond donors (Lipinski definition) is 1. The molecule has 0 aromatic heterocycles. The van der Waals surface area contributed by atoms with Crippen LogP contribution in [0.5, 0.6) is 0 Å². The van der Waals surface area contributed by atoms with Crippen LogP contribution in [0.1, 0.15) is 38.2 Å². The van der Waals surface area contributed by atoms with E-state index in [1.165, 1.54) is 48.8 Å². The molecular weight excluding hydrogens is 300 g/mol. The van der Waals surface area contributed by atoms with Crippen LogP contribution >= 0.6 is 15.9 Å². The van der Waals surface area contributed by atoms with Crippen LogP contribution in [0.2, 0.25) is 0 Å². The summed E-state index contributed by atoms with van der Waals surface area (Å²) in [6.07, 6.45) is 5.42. The van der Waals surface area contributed by atoms with Gasteiger partial charge < -0.3 is 10.2 Å². The van der Waals surface area contributed by atoms with Crippen LogP contribution < -0.4 is 5.32 Å². The molecule has 2 rings (SSSR count). The molecule has 0 saturated carbocycles. The smallest absolute Gasteiger partial charge is 0.0220 e. The lowest BCUT2D eigenvalue weighted by atomic mass is 10.0. The number of hydrogen-bond acceptors (Lipinski definition) is 2. The van der Waals surface area contributed by atoms with Gasteiger partial charge in [-0.05, 0) is 57.5 Å². The van der Waals surface area contributed by atoms with Gasteiger partial charge in [0.05, 0.1) is 0 Å². The number of likely N-dealkylation sites (tertiary alicyclic amines) is 1. The first kappa shape index (κ1) is 15.0.